The highest BCUT2D eigenvalue weighted by Gasteiger charge is 2.30. The average Bonchev–Trinajstić information content (AvgIpc) is 3.20. The van der Waals surface area contributed by atoms with Crippen molar-refractivity contribution in [3.8, 4) is 5.88 Å². The third-order valence-corrected chi connectivity index (χ3v) is 6.72. The van der Waals surface area contributed by atoms with E-state index >= 15 is 0 Å². The predicted octanol–water partition coefficient (Wildman–Crippen LogP) is 4.52. The maximum Gasteiger partial charge on any atom is 0.305 e. The first-order chi connectivity index (χ1) is 17.1. The molecule has 0 aliphatic carbocycles. The molecular formula is C27H37N5O3. The number of pyridine rings is 2. The predicted molar refractivity (Wildman–Crippen MR) is 137 cm³/mol. The van der Waals surface area contributed by atoms with E-state index in [0.29, 0.717) is 25.3 Å². The number of hydrogen-bond donors (Lipinski definition) is 1. The molecule has 2 aliphatic heterocycles. The number of nitrogens with one attached hydrogen (secondary N) is 1. The molecule has 0 spiro atoms. The van der Waals surface area contributed by atoms with Crippen molar-refractivity contribution in [1.29, 1.82) is 0 Å². The zero-order valence-corrected chi connectivity index (χ0v) is 21.1. The molecule has 0 fully saturated rings. The fraction of sp³-hybridized carbons (Fsp3) is 0.519. The van der Waals surface area contributed by atoms with Gasteiger partial charge in [0, 0.05) is 43.7 Å². The molecule has 0 saturated heterocycles. The molecule has 0 amide bonds. The van der Waals surface area contributed by atoms with Gasteiger partial charge in [0.15, 0.2) is 0 Å². The Balaban J connectivity index is 1.37. The molecule has 8 nitrogen and oxygen atoms in total. The van der Waals surface area contributed by atoms with Crippen LogP contribution in [0.15, 0.2) is 42.4 Å². The van der Waals surface area contributed by atoms with Gasteiger partial charge in [0.25, 0.3) is 0 Å². The van der Waals surface area contributed by atoms with Crippen molar-refractivity contribution in [2.45, 2.75) is 64.5 Å². The number of nitrogens with zero attached hydrogens (tertiary/aromatic N) is 4. The molecule has 0 bridgehead atoms. The third-order valence-electron chi connectivity index (χ3n) is 6.72. The maximum absolute atomic E-state index is 12.0. The van der Waals surface area contributed by atoms with Crippen molar-refractivity contribution in [2.24, 2.45) is 0 Å². The summed E-state index contributed by atoms with van der Waals surface area (Å²) in [6, 6.07) is 8.28. The highest BCUT2D eigenvalue weighted by Crippen LogP contribution is 2.32. The minimum Gasteiger partial charge on any atom is -0.481 e. The lowest BCUT2D eigenvalue weighted by molar-refractivity contribution is -0.143. The lowest BCUT2D eigenvalue weighted by atomic mass is 10.1. The van der Waals surface area contributed by atoms with Crippen LogP contribution >= 0.6 is 0 Å². The molecule has 1 atom stereocenters. The number of unbranched alkanes of at least 4 members (excludes halogenated alkanes) is 1. The quantitative estimate of drug-likeness (QED) is 0.372. The summed E-state index contributed by atoms with van der Waals surface area (Å²) in [5.41, 5.74) is 4.73. The van der Waals surface area contributed by atoms with Crippen LogP contribution in [0.3, 0.4) is 0 Å². The van der Waals surface area contributed by atoms with Gasteiger partial charge >= 0.3 is 5.97 Å². The summed E-state index contributed by atoms with van der Waals surface area (Å²) in [5, 5.41) is 3.43. The van der Waals surface area contributed by atoms with E-state index in [0.717, 1.165) is 55.8 Å². The molecule has 8 heteroatoms. The van der Waals surface area contributed by atoms with Crippen molar-refractivity contribution >= 4 is 17.5 Å². The van der Waals surface area contributed by atoms with Crippen molar-refractivity contribution in [3.05, 3.63) is 53.6 Å². The summed E-state index contributed by atoms with van der Waals surface area (Å²) in [6.07, 6.45) is 11.5. The number of aromatic nitrogens is 2. The van der Waals surface area contributed by atoms with E-state index in [1.54, 1.807) is 7.11 Å². The van der Waals surface area contributed by atoms with Crippen LogP contribution in [-0.2, 0) is 22.4 Å². The number of anilines is 2. The summed E-state index contributed by atoms with van der Waals surface area (Å²) >= 11 is 0. The van der Waals surface area contributed by atoms with Gasteiger partial charge in [-0.05, 0) is 69.6 Å². The van der Waals surface area contributed by atoms with Gasteiger partial charge in [-0.2, -0.15) is 0 Å². The smallest absolute Gasteiger partial charge is 0.305 e. The zero-order chi connectivity index (χ0) is 24.6. The number of carbonyl (C=O) groups is 1. The van der Waals surface area contributed by atoms with E-state index in [1.165, 1.54) is 17.7 Å². The monoisotopic (exact) mass is 479 g/mol. The Morgan fingerprint density at radius 3 is 2.83 bits per heavy atom. The number of rotatable bonds is 11. The van der Waals surface area contributed by atoms with Crippen molar-refractivity contribution in [2.75, 3.05) is 37.5 Å². The van der Waals surface area contributed by atoms with Crippen molar-refractivity contribution < 1.29 is 14.3 Å². The summed E-state index contributed by atoms with van der Waals surface area (Å²) < 4.78 is 10.4. The van der Waals surface area contributed by atoms with Gasteiger partial charge in [-0.15, -0.1) is 0 Å². The second-order valence-corrected chi connectivity index (χ2v) is 9.07. The Bertz CT molecular complexity index is 1020. The molecule has 4 rings (SSSR count). The topological polar surface area (TPSA) is 79.8 Å². The number of esters is 1. The van der Waals surface area contributed by atoms with Crippen LogP contribution < -0.4 is 15.0 Å². The van der Waals surface area contributed by atoms with Gasteiger partial charge in [0.1, 0.15) is 12.0 Å². The second-order valence-electron chi connectivity index (χ2n) is 9.07. The highest BCUT2D eigenvalue weighted by atomic mass is 16.5. The van der Waals surface area contributed by atoms with Crippen molar-refractivity contribution in [1.82, 2.24) is 14.9 Å². The molecule has 0 radical (unpaired) electrons. The standard InChI is InChI=1S/C27H37N5O3/c1-4-35-26(33)16-15-25-31(2)23(19-32(25)22-13-14-24(34-3)29-18-22)10-6-5-9-21-12-11-20-8-7-17-28-27(20)30-21/h11-14,18-19,25H,4-10,15-17H2,1-3H3,(H,28,30). The van der Waals surface area contributed by atoms with Gasteiger partial charge in [0.2, 0.25) is 5.88 Å². The second kappa shape index (κ2) is 11.9. The number of methoxy groups -OCH3 is 1. The Morgan fingerprint density at radius 2 is 2.06 bits per heavy atom. The van der Waals surface area contributed by atoms with E-state index in [2.05, 4.69) is 45.5 Å². The molecule has 188 valence electrons. The van der Waals surface area contributed by atoms with Gasteiger partial charge in [0.05, 0.1) is 25.6 Å². The number of carbonyl (C=O) groups excluding carboxylic acids is 1. The van der Waals surface area contributed by atoms with Crippen LogP contribution in [0.25, 0.3) is 0 Å². The lowest BCUT2D eigenvalue weighted by Gasteiger charge is -2.31. The molecule has 1 unspecified atom stereocenters. The molecule has 2 aromatic rings. The number of aryl methyl sites for hydroxylation is 2. The minimum absolute atomic E-state index is 0.0398. The van der Waals surface area contributed by atoms with Crippen LogP contribution in [0, 0.1) is 0 Å². The fourth-order valence-corrected chi connectivity index (χ4v) is 4.78. The molecule has 35 heavy (non-hydrogen) atoms. The highest BCUT2D eigenvalue weighted by molar-refractivity contribution is 5.69. The van der Waals surface area contributed by atoms with Gasteiger partial charge in [-0.3, -0.25) is 4.79 Å². The molecule has 2 aromatic heterocycles. The van der Waals surface area contributed by atoms with E-state index < -0.39 is 0 Å². The molecule has 0 aromatic carbocycles. The van der Waals surface area contributed by atoms with Gasteiger partial charge in [-0.25, -0.2) is 9.97 Å². The summed E-state index contributed by atoms with van der Waals surface area (Å²) in [4.78, 5) is 25.7. The number of hydrogen-bond acceptors (Lipinski definition) is 8. The molecule has 2 aliphatic rings. The SMILES string of the molecule is CCOC(=O)CCC1N(C)C(CCCCc2ccc3c(n2)NCCC3)=CN1c1ccc(OC)nc1. The van der Waals surface area contributed by atoms with Gasteiger partial charge < -0.3 is 24.6 Å². The fourth-order valence-electron chi connectivity index (χ4n) is 4.78. The van der Waals surface area contributed by atoms with E-state index in [9.17, 15) is 4.79 Å². The summed E-state index contributed by atoms with van der Waals surface area (Å²) in [5.74, 6) is 1.49. The first kappa shape index (κ1) is 24.8. The van der Waals surface area contributed by atoms with Crippen LogP contribution in [0.5, 0.6) is 5.88 Å². The Hall–Kier alpha value is -3.29. The zero-order valence-electron chi connectivity index (χ0n) is 21.1. The van der Waals surface area contributed by atoms with Crippen molar-refractivity contribution in [3.63, 3.8) is 0 Å². The minimum atomic E-state index is -0.158. The van der Waals surface area contributed by atoms with Crippen LogP contribution in [0.2, 0.25) is 0 Å². The normalized spacial score (nSPS) is 17.0. The van der Waals surface area contributed by atoms with Crippen LogP contribution in [-0.4, -0.2) is 54.3 Å². The Kier molecular flexibility index (Phi) is 8.45. The number of allylic oxidation sites excluding steroid dienone is 1. The Morgan fingerprint density at radius 1 is 1.20 bits per heavy atom. The number of ether oxygens (including phenoxy) is 2. The average molecular weight is 480 g/mol. The summed E-state index contributed by atoms with van der Waals surface area (Å²) in [6.45, 7) is 3.26. The lowest BCUT2D eigenvalue weighted by Crippen LogP contribution is -2.38. The molecule has 4 heterocycles. The van der Waals surface area contributed by atoms with Gasteiger partial charge in [-0.1, -0.05) is 6.07 Å². The first-order valence-electron chi connectivity index (χ1n) is 12.7. The number of fused-ring (bicyclic) bond motifs is 1. The molecule has 1 N–H and O–H groups in total. The summed E-state index contributed by atoms with van der Waals surface area (Å²) in [7, 11) is 3.72. The van der Waals surface area contributed by atoms with E-state index in [4.69, 9.17) is 14.5 Å². The van der Waals surface area contributed by atoms with E-state index in [-0.39, 0.29) is 12.1 Å². The first-order valence-corrected chi connectivity index (χ1v) is 12.7. The largest absolute Gasteiger partial charge is 0.481 e. The molecular weight excluding hydrogens is 442 g/mol. The maximum atomic E-state index is 12.0. The Labute approximate surface area is 208 Å². The third kappa shape index (κ3) is 6.24. The van der Waals surface area contributed by atoms with E-state index in [1.807, 2.05) is 25.3 Å². The van der Waals surface area contributed by atoms with Crippen LogP contribution in [0.4, 0.5) is 11.5 Å². The molecule has 0 saturated carbocycles. The van der Waals surface area contributed by atoms with Crippen LogP contribution in [0.1, 0.15) is 56.7 Å².